The van der Waals surface area contributed by atoms with Crippen molar-refractivity contribution in [1.82, 2.24) is 0 Å². The molecule has 0 spiro atoms. The minimum Gasteiger partial charge on any atom is -0.489 e. The monoisotopic (exact) mass is 362 g/mol. The van der Waals surface area contributed by atoms with Crippen molar-refractivity contribution in [2.24, 2.45) is 0 Å². The second-order valence-electron chi connectivity index (χ2n) is 6.09. The first-order valence-corrected chi connectivity index (χ1v) is 8.92. The molecule has 0 N–H and O–H groups in total. The van der Waals surface area contributed by atoms with E-state index >= 15 is 0 Å². The van der Waals surface area contributed by atoms with Gasteiger partial charge in [-0.15, -0.1) is 0 Å². The Kier molecular flexibility index (Phi) is 7.01. The first-order chi connectivity index (χ1) is 13.3. The number of aryl methyl sites for hydroxylation is 1. The lowest BCUT2D eigenvalue weighted by molar-refractivity contribution is -0.279. The summed E-state index contributed by atoms with van der Waals surface area (Å²) < 4.78 is 5.91. The highest BCUT2D eigenvalue weighted by Crippen LogP contribution is 2.21. The van der Waals surface area contributed by atoms with Gasteiger partial charge in [0.15, 0.2) is 0 Å². The molecule has 0 fully saturated rings. The van der Waals surface area contributed by atoms with Crippen LogP contribution < -0.4 is 4.74 Å². The van der Waals surface area contributed by atoms with Gasteiger partial charge in [0.2, 0.25) is 0 Å². The number of benzene rings is 3. The Morgan fingerprint density at radius 2 is 1.30 bits per heavy atom. The van der Waals surface area contributed by atoms with Gasteiger partial charge in [-0.1, -0.05) is 78.9 Å². The maximum Gasteiger partial charge on any atom is 0.342 e. The van der Waals surface area contributed by atoms with Crippen LogP contribution in [0.4, 0.5) is 0 Å². The number of hydrogen-bond acceptors (Lipinski definition) is 4. The summed E-state index contributed by atoms with van der Waals surface area (Å²) >= 11 is 0. The third-order valence-corrected chi connectivity index (χ3v) is 4.03. The van der Waals surface area contributed by atoms with Gasteiger partial charge < -0.3 is 4.74 Å². The molecule has 27 heavy (non-hydrogen) atoms. The summed E-state index contributed by atoms with van der Waals surface area (Å²) in [5, 5.41) is 0. The lowest BCUT2D eigenvalue weighted by atomic mass is 10.1. The summed E-state index contributed by atoms with van der Waals surface area (Å²) in [6.07, 6.45) is 0.749. The van der Waals surface area contributed by atoms with Gasteiger partial charge in [-0.05, 0) is 29.2 Å². The third-order valence-electron chi connectivity index (χ3n) is 4.03. The molecule has 0 amide bonds. The predicted octanol–water partition coefficient (Wildman–Crippen LogP) is 4.87. The standard InChI is InChI=1S/C23H22O4/c24-23(27-26-18-20-11-5-2-6-12-20)16-15-21-13-7-8-14-22(21)25-17-19-9-3-1-4-10-19/h1-14H,15-18H2. The average molecular weight is 362 g/mol. The van der Waals surface area contributed by atoms with Crippen LogP contribution in [0.15, 0.2) is 84.9 Å². The normalized spacial score (nSPS) is 10.4. The van der Waals surface area contributed by atoms with Gasteiger partial charge in [-0.25, -0.2) is 4.79 Å². The number of carbonyl (C=O) groups is 1. The molecular weight excluding hydrogens is 340 g/mol. The van der Waals surface area contributed by atoms with Crippen molar-refractivity contribution in [2.75, 3.05) is 0 Å². The maximum absolute atomic E-state index is 11.9. The zero-order valence-electron chi connectivity index (χ0n) is 15.0. The Morgan fingerprint density at radius 1 is 0.704 bits per heavy atom. The fourth-order valence-electron chi connectivity index (χ4n) is 2.60. The molecule has 0 radical (unpaired) electrons. The van der Waals surface area contributed by atoms with Crippen molar-refractivity contribution in [3.8, 4) is 5.75 Å². The van der Waals surface area contributed by atoms with Crippen LogP contribution in [0.2, 0.25) is 0 Å². The number of carbonyl (C=O) groups excluding carboxylic acids is 1. The smallest absolute Gasteiger partial charge is 0.342 e. The topological polar surface area (TPSA) is 44.8 Å². The first kappa shape index (κ1) is 18.7. The summed E-state index contributed by atoms with van der Waals surface area (Å²) in [5.74, 6) is 0.378. The van der Waals surface area contributed by atoms with Crippen LogP contribution in [0, 0.1) is 0 Å². The molecule has 0 atom stereocenters. The molecule has 0 saturated carbocycles. The molecular formula is C23H22O4. The van der Waals surface area contributed by atoms with Crippen molar-refractivity contribution in [2.45, 2.75) is 26.1 Å². The number of rotatable bonds is 9. The van der Waals surface area contributed by atoms with Crippen LogP contribution in [0.25, 0.3) is 0 Å². The molecule has 0 aromatic heterocycles. The largest absolute Gasteiger partial charge is 0.489 e. The van der Waals surface area contributed by atoms with Crippen LogP contribution in [-0.4, -0.2) is 5.97 Å². The third kappa shape index (κ3) is 6.28. The van der Waals surface area contributed by atoms with Gasteiger partial charge in [-0.3, -0.25) is 4.89 Å². The van der Waals surface area contributed by atoms with E-state index in [1.807, 2.05) is 84.9 Å². The second-order valence-corrected chi connectivity index (χ2v) is 6.09. The first-order valence-electron chi connectivity index (χ1n) is 8.92. The lowest BCUT2D eigenvalue weighted by Gasteiger charge is -2.11. The summed E-state index contributed by atoms with van der Waals surface area (Å²) in [5.41, 5.74) is 3.01. The van der Waals surface area contributed by atoms with Gasteiger partial charge in [0.05, 0.1) is 6.42 Å². The fraction of sp³-hybridized carbons (Fsp3) is 0.174. The van der Waals surface area contributed by atoms with Crippen LogP contribution in [0.1, 0.15) is 23.1 Å². The molecule has 0 heterocycles. The molecule has 138 valence electrons. The second kappa shape index (κ2) is 10.1. The van der Waals surface area contributed by atoms with Crippen LogP contribution >= 0.6 is 0 Å². The summed E-state index contributed by atoms with van der Waals surface area (Å²) in [6.45, 7) is 0.728. The van der Waals surface area contributed by atoms with E-state index in [0.29, 0.717) is 13.0 Å². The predicted molar refractivity (Wildman–Crippen MR) is 103 cm³/mol. The molecule has 0 aliphatic rings. The van der Waals surface area contributed by atoms with Crippen LogP contribution in [0.5, 0.6) is 5.75 Å². The van der Waals surface area contributed by atoms with Gasteiger partial charge in [0.25, 0.3) is 0 Å². The van der Waals surface area contributed by atoms with Crippen molar-refractivity contribution in [1.29, 1.82) is 0 Å². The highest BCUT2D eigenvalue weighted by atomic mass is 17.2. The number of para-hydroxylation sites is 1. The average Bonchev–Trinajstić information content (AvgIpc) is 2.73. The minimum absolute atomic E-state index is 0.223. The summed E-state index contributed by atoms with van der Waals surface area (Å²) in [4.78, 5) is 21.8. The Labute approximate surface area is 159 Å². The summed E-state index contributed by atoms with van der Waals surface area (Å²) in [7, 11) is 0. The quantitative estimate of drug-likeness (QED) is 0.402. The fourth-order valence-corrected chi connectivity index (χ4v) is 2.60. The van der Waals surface area contributed by atoms with E-state index in [1.54, 1.807) is 0 Å². The van der Waals surface area contributed by atoms with E-state index < -0.39 is 5.97 Å². The molecule has 0 aliphatic carbocycles. The van der Waals surface area contributed by atoms with E-state index in [2.05, 4.69) is 0 Å². The van der Waals surface area contributed by atoms with Crippen molar-refractivity contribution in [3.05, 3.63) is 102 Å². The molecule has 3 aromatic carbocycles. The minimum atomic E-state index is -0.399. The molecule has 0 saturated heterocycles. The van der Waals surface area contributed by atoms with Crippen LogP contribution in [-0.2, 0) is 34.2 Å². The molecule has 3 aromatic rings. The van der Waals surface area contributed by atoms with Crippen molar-refractivity contribution in [3.63, 3.8) is 0 Å². The zero-order chi connectivity index (χ0) is 18.7. The zero-order valence-corrected chi connectivity index (χ0v) is 15.0. The van der Waals surface area contributed by atoms with E-state index in [9.17, 15) is 4.79 Å². The van der Waals surface area contributed by atoms with E-state index in [0.717, 1.165) is 22.4 Å². The Hall–Kier alpha value is -3.11. The molecule has 0 bridgehead atoms. The van der Waals surface area contributed by atoms with Gasteiger partial charge in [0.1, 0.15) is 19.0 Å². The molecule has 3 rings (SSSR count). The maximum atomic E-state index is 11.9. The van der Waals surface area contributed by atoms with Gasteiger partial charge in [0, 0.05) is 0 Å². The van der Waals surface area contributed by atoms with E-state index in [-0.39, 0.29) is 13.0 Å². The van der Waals surface area contributed by atoms with Crippen LogP contribution in [0.3, 0.4) is 0 Å². The molecule has 0 aliphatic heterocycles. The van der Waals surface area contributed by atoms with Crippen molar-refractivity contribution < 1.29 is 19.3 Å². The lowest BCUT2D eigenvalue weighted by Crippen LogP contribution is -2.07. The van der Waals surface area contributed by atoms with Gasteiger partial charge >= 0.3 is 5.97 Å². The highest BCUT2D eigenvalue weighted by Gasteiger charge is 2.09. The Bertz CT molecular complexity index is 831. The highest BCUT2D eigenvalue weighted by molar-refractivity contribution is 5.69. The SMILES string of the molecule is O=C(CCc1ccccc1OCc1ccccc1)OOCc1ccccc1. The Morgan fingerprint density at radius 3 is 2.00 bits per heavy atom. The van der Waals surface area contributed by atoms with E-state index in [4.69, 9.17) is 14.5 Å². The molecule has 4 heteroatoms. The number of hydrogen-bond donors (Lipinski definition) is 0. The van der Waals surface area contributed by atoms with E-state index in [1.165, 1.54) is 0 Å². The van der Waals surface area contributed by atoms with Gasteiger partial charge in [-0.2, -0.15) is 4.89 Å². The Balaban J connectivity index is 1.45. The van der Waals surface area contributed by atoms with Crippen molar-refractivity contribution >= 4 is 5.97 Å². The number of ether oxygens (including phenoxy) is 1. The molecule has 0 unspecified atom stereocenters. The molecule has 4 nitrogen and oxygen atoms in total. The summed E-state index contributed by atoms with van der Waals surface area (Å²) in [6, 6.07) is 27.3.